The average molecular weight is 399 g/mol. The molecule has 0 aliphatic carbocycles. The molecule has 30 heavy (non-hydrogen) atoms. The van der Waals surface area contributed by atoms with E-state index in [1.165, 1.54) is 10.5 Å². The standard InChI is InChI=1S/C24H21N3O3/c1-2-16-7-9-17(10-8-16)23(29)25-19-13-11-18(12-14-19)24(30)27-15-22(28)26-20-5-3-4-6-21(20)27/h3-14H,2,15H2,1H3,(H,25,29)(H,26,28). The second kappa shape index (κ2) is 8.21. The number of hydrogen-bond acceptors (Lipinski definition) is 3. The van der Waals surface area contributed by atoms with Gasteiger partial charge >= 0.3 is 0 Å². The first kappa shape index (κ1) is 19.4. The van der Waals surface area contributed by atoms with Crippen LogP contribution < -0.4 is 15.5 Å². The first-order valence-corrected chi connectivity index (χ1v) is 9.76. The molecule has 0 bridgehead atoms. The van der Waals surface area contributed by atoms with E-state index in [1.807, 2.05) is 18.2 Å². The highest BCUT2D eigenvalue weighted by Gasteiger charge is 2.27. The normalized spacial score (nSPS) is 12.7. The van der Waals surface area contributed by atoms with Crippen LogP contribution in [0.5, 0.6) is 0 Å². The van der Waals surface area contributed by atoms with E-state index < -0.39 is 0 Å². The van der Waals surface area contributed by atoms with Crippen LogP contribution in [0, 0.1) is 0 Å². The van der Waals surface area contributed by atoms with Gasteiger partial charge in [0, 0.05) is 16.8 Å². The van der Waals surface area contributed by atoms with Crippen molar-refractivity contribution >= 4 is 34.8 Å². The maximum Gasteiger partial charge on any atom is 0.258 e. The van der Waals surface area contributed by atoms with Crippen molar-refractivity contribution in [2.75, 3.05) is 22.1 Å². The van der Waals surface area contributed by atoms with Crippen molar-refractivity contribution in [1.29, 1.82) is 0 Å². The highest BCUT2D eigenvalue weighted by atomic mass is 16.2. The number of rotatable bonds is 4. The van der Waals surface area contributed by atoms with Crippen molar-refractivity contribution in [3.8, 4) is 0 Å². The number of hydrogen-bond donors (Lipinski definition) is 2. The molecule has 0 atom stereocenters. The smallest absolute Gasteiger partial charge is 0.258 e. The van der Waals surface area contributed by atoms with Gasteiger partial charge in [-0.25, -0.2) is 0 Å². The van der Waals surface area contributed by atoms with Crippen molar-refractivity contribution in [3.63, 3.8) is 0 Å². The van der Waals surface area contributed by atoms with Gasteiger partial charge in [-0.2, -0.15) is 0 Å². The monoisotopic (exact) mass is 399 g/mol. The van der Waals surface area contributed by atoms with Crippen LogP contribution in [0.25, 0.3) is 0 Å². The van der Waals surface area contributed by atoms with E-state index in [1.54, 1.807) is 54.6 Å². The zero-order chi connectivity index (χ0) is 21.1. The maximum absolute atomic E-state index is 13.0. The first-order chi connectivity index (χ1) is 14.5. The van der Waals surface area contributed by atoms with E-state index in [4.69, 9.17) is 0 Å². The fourth-order valence-corrected chi connectivity index (χ4v) is 3.36. The van der Waals surface area contributed by atoms with Crippen LogP contribution in [0.4, 0.5) is 17.1 Å². The van der Waals surface area contributed by atoms with E-state index in [-0.39, 0.29) is 24.3 Å². The lowest BCUT2D eigenvalue weighted by atomic mass is 10.1. The summed E-state index contributed by atoms with van der Waals surface area (Å²) in [7, 11) is 0. The number of carbonyl (C=O) groups is 3. The molecule has 150 valence electrons. The Morgan fingerprint density at radius 1 is 0.933 bits per heavy atom. The molecule has 2 N–H and O–H groups in total. The molecule has 0 unspecified atom stereocenters. The number of carbonyl (C=O) groups excluding carboxylic acids is 3. The zero-order valence-electron chi connectivity index (χ0n) is 16.5. The number of nitrogens with zero attached hydrogens (tertiary/aromatic N) is 1. The Kier molecular flexibility index (Phi) is 5.30. The molecule has 4 rings (SSSR count). The van der Waals surface area contributed by atoms with Gasteiger partial charge in [-0.15, -0.1) is 0 Å². The van der Waals surface area contributed by atoms with Crippen molar-refractivity contribution in [1.82, 2.24) is 0 Å². The summed E-state index contributed by atoms with van der Waals surface area (Å²) in [6, 6.07) is 21.3. The molecule has 0 radical (unpaired) electrons. The molecule has 3 aromatic rings. The Hall–Kier alpha value is -3.93. The van der Waals surface area contributed by atoms with Gasteiger partial charge in [-0.1, -0.05) is 31.2 Å². The highest BCUT2D eigenvalue weighted by molar-refractivity contribution is 6.15. The van der Waals surface area contributed by atoms with Gasteiger partial charge in [0.1, 0.15) is 6.54 Å². The van der Waals surface area contributed by atoms with E-state index >= 15 is 0 Å². The summed E-state index contributed by atoms with van der Waals surface area (Å²) in [5, 5.41) is 5.61. The van der Waals surface area contributed by atoms with Crippen molar-refractivity contribution in [2.24, 2.45) is 0 Å². The molecule has 3 aromatic carbocycles. The average Bonchev–Trinajstić information content (AvgIpc) is 2.78. The minimum absolute atomic E-state index is 0.0396. The first-order valence-electron chi connectivity index (χ1n) is 9.76. The second-order valence-electron chi connectivity index (χ2n) is 7.04. The van der Waals surface area contributed by atoms with Gasteiger partial charge in [0.25, 0.3) is 11.8 Å². The minimum atomic E-state index is -0.273. The van der Waals surface area contributed by atoms with Crippen molar-refractivity contribution in [2.45, 2.75) is 13.3 Å². The molecule has 1 aliphatic rings. The summed E-state index contributed by atoms with van der Waals surface area (Å²) in [6.07, 6.45) is 0.917. The summed E-state index contributed by atoms with van der Waals surface area (Å²) in [6.45, 7) is 2.02. The third-order valence-electron chi connectivity index (χ3n) is 5.03. The summed E-state index contributed by atoms with van der Waals surface area (Å²) < 4.78 is 0. The van der Waals surface area contributed by atoms with Crippen LogP contribution in [0.15, 0.2) is 72.8 Å². The van der Waals surface area contributed by atoms with Gasteiger partial charge < -0.3 is 10.6 Å². The van der Waals surface area contributed by atoms with Crippen LogP contribution >= 0.6 is 0 Å². The van der Waals surface area contributed by atoms with Gasteiger partial charge in [0.2, 0.25) is 5.91 Å². The lowest BCUT2D eigenvalue weighted by Gasteiger charge is -2.29. The van der Waals surface area contributed by atoms with Crippen LogP contribution in [0.3, 0.4) is 0 Å². The molecule has 0 saturated carbocycles. The molecule has 6 nitrogen and oxygen atoms in total. The molecule has 1 heterocycles. The zero-order valence-corrected chi connectivity index (χ0v) is 16.5. The van der Waals surface area contributed by atoms with Crippen LogP contribution in [0.2, 0.25) is 0 Å². The van der Waals surface area contributed by atoms with E-state index in [2.05, 4.69) is 17.6 Å². The lowest BCUT2D eigenvalue weighted by molar-refractivity contribution is -0.115. The number of benzene rings is 3. The van der Waals surface area contributed by atoms with Crippen LogP contribution in [0.1, 0.15) is 33.2 Å². The van der Waals surface area contributed by atoms with Gasteiger partial charge in [0.15, 0.2) is 0 Å². The van der Waals surface area contributed by atoms with E-state index in [0.29, 0.717) is 28.2 Å². The predicted octanol–water partition coefficient (Wildman–Crippen LogP) is 4.10. The lowest BCUT2D eigenvalue weighted by Crippen LogP contribution is -2.42. The van der Waals surface area contributed by atoms with E-state index in [9.17, 15) is 14.4 Å². The Balaban J connectivity index is 1.49. The molecule has 3 amide bonds. The summed E-state index contributed by atoms with van der Waals surface area (Å²) in [5.41, 5.74) is 4.04. The number of para-hydroxylation sites is 2. The quantitative estimate of drug-likeness (QED) is 0.693. The van der Waals surface area contributed by atoms with Crippen molar-refractivity contribution in [3.05, 3.63) is 89.5 Å². The molecule has 6 heteroatoms. The topological polar surface area (TPSA) is 78.5 Å². The summed E-state index contributed by atoms with van der Waals surface area (Å²) >= 11 is 0. The number of fused-ring (bicyclic) bond motifs is 1. The third kappa shape index (κ3) is 3.93. The molecule has 0 fully saturated rings. The van der Waals surface area contributed by atoms with Gasteiger partial charge in [-0.3, -0.25) is 19.3 Å². The molecule has 0 aromatic heterocycles. The Labute approximate surface area is 174 Å². The SMILES string of the molecule is CCc1ccc(C(=O)Nc2ccc(C(=O)N3CC(=O)Nc4ccccc43)cc2)cc1. The highest BCUT2D eigenvalue weighted by Crippen LogP contribution is 2.30. The van der Waals surface area contributed by atoms with E-state index in [0.717, 1.165) is 6.42 Å². The summed E-state index contributed by atoms with van der Waals surface area (Å²) in [4.78, 5) is 38.8. The molecule has 1 aliphatic heterocycles. The Morgan fingerprint density at radius 2 is 1.60 bits per heavy atom. The Bertz CT molecular complexity index is 1110. The largest absolute Gasteiger partial charge is 0.323 e. The number of aryl methyl sites for hydroxylation is 1. The fraction of sp³-hybridized carbons (Fsp3) is 0.125. The minimum Gasteiger partial charge on any atom is -0.323 e. The number of nitrogens with one attached hydrogen (secondary N) is 2. The van der Waals surface area contributed by atoms with Crippen molar-refractivity contribution < 1.29 is 14.4 Å². The molecule has 0 spiro atoms. The summed E-state index contributed by atoms with van der Waals surface area (Å²) in [5.74, 6) is -0.719. The number of amides is 3. The molecular formula is C24H21N3O3. The van der Waals surface area contributed by atoms with Gasteiger partial charge in [0.05, 0.1) is 11.4 Å². The maximum atomic E-state index is 13.0. The van der Waals surface area contributed by atoms with Gasteiger partial charge in [-0.05, 0) is 60.5 Å². The van der Waals surface area contributed by atoms with Crippen LogP contribution in [-0.2, 0) is 11.2 Å². The van der Waals surface area contributed by atoms with Crippen LogP contribution in [-0.4, -0.2) is 24.3 Å². The fourth-order valence-electron chi connectivity index (χ4n) is 3.36. The second-order valence-corrected chi connectivity index (χ2v) is 7.04. The molecule has 0 saturated heterocycles. The predicted molar refractivity (Wildman–Crippen MR) is 117 cm³/mol. The molecular weight excluding hydrogens is 378 g/mol. The Morgan fingerprint density at radius 3 is 2.30 bits per heavy atom. The number of anilines is 3. The third-order valence-corrected chi connectivity index (χ3v) is 5.03.